The molecule has 1 aromatic rings. The van der Waals surface area contributed by atoms with E-state index in [0.29, 0.717) is 12.2 Å². The number of hydrogen-bond donors (Lipinski definition) is 0. The fourth-order valence-corrected chi connectivity index (χ4v) is 3.34. The van der Waals surface area contributed by atoms with Gasteiger partial charge >= 0.3 is 0 Å². The lowest BCUT2D eigenvalue weighted by Crippen LogP contribution is -2.42. The Kier molecular flexibility index (Phi) is 4.35. The molecule has 2 nitrogen and oxygen atoms in total. The molecule has 0 aliphatic heterocycles. The molecule has 3 heteroatoms. The summed E-state index contributed by atoms with van der Waals surface area (Å²) >= 11 is 1.69. The van der Waals surface area contributed by atoms with Gasteiger partial charge < -0.3 is 4.74 Å². The van der Waals surface area contributed by atoms with Gasteiger partial charge in [0.15, 0.2) is 5.78 Å². The number of Topliss-reactive ketones (excluding diaryl/α,β-unsaturated/α-hetero) is 1. The minimum Gasteiger partial charge on any atom is -0.370 e. The van der Waals surface area contributed by atoms with Crippen LogP contribution >= 0.6 is 11.3 Å². The highest BCUT2D eigenvalue weighted by atomic mass is 32.1. The quantitative estimate of drug-likeness (QED) is 0.800. The van der Waals surface area contributed by atoms with Crippen LogP contribution in [-0.4, -0.2) is 18.5 Å². The van der Waals surface area contributed by atoms with Crippen LogP contribution in [0.25, 0.3) is 0 Å². The van der Waals surface area contributed by atoms with Crippen LogP contribution in [-0.2, 0) is 16.0 Å². The highest BCUT2D eigenvalue weighted by Crippen LogP contribution is 2.33. The van der Waals surface area contributed by atoms with Gasteiger partial charge in [0.25, 0.3) is 0 Å². The number of rotatable bonds is 5. The molecule has 0 amide bonds. The number of methoxy groups -OCH3 is 1. The van der Waals surface area contributed by atoms with Crippen LogP contribution in [0.4, 0.5) is 0 Å². The highest BCUT2D eigenvalue weighted by molar-refractivity contribution is 7.07. The van der Waals surface area contributed by atoms with Crippen molar-refractivity contribution in [3.8, 4) is 0 Å². The molecule has 1 aromatic heterocycles. The van der Waals surface area contributed by atoms with E-state index in [1.165, 1.54) is 12.0 Å². The van der Waals surface area contributed by atoms with E-state index in [4.69, 9.17) is 4.74 Å². The number of carbonyl (C=O) groups excluding carboxylic acids is 1. The average Bonchev–Trinajstić information content (AvgIpc) is 2.90. The van der Waals surface area contributed by atoms with Gasteiger partial charge in [0, 0.05) is 13.5 Å². The second-order valence-electron chi connectivity index (χ2n) is 4.81. The molecule has 0 atom stereocenters. The van der Waals surface area contributed by atoms with E-state index in [2.05, 4.69) is 16.8 Å². The third-order valence-electron chi connectivity index (χ3n) is 3.78. The Morgan fingerprint density at radius 1 is 1.41 bits per heavy atom. The van der Waals surface area contributed by atoms with Crippen molar-refractivity contribution >= 4 is 17.1 Å². The molecule has 1 saturated carbocycles. The van der Waals surface area contributed by atoms with Gasteiger partial charge in [-0.3, -0.25) is 4.79 Å². The molecule has 0 N–H and O–H groups in total. The summed E-state index contributed by atoms with van der Waals surface area (Å²) in [6.45, 7) is 0. The minimum absolute atomic E-state index is 0.297. The van der Waals surface area contributed by atoms with Gasteiger partial charge in [0.2, 0.25) is 0 Å². The zero-order valence-corrected chi connectivity index (χ0v) is 11.2. The number of hydrogen-bond acceptors (Lipinski definition) is 3. The largest absolute Gasteiger partial charge is 0.370 e. The lowest BCUT2D eigenvalue weighted by molar-refractivity contribution is -0.145. The summed E-state index contributed by atoms with van der Waals surface area (Å²) in [7, 11) is 1.69. The van der Waals surface area contributed by atoms with E-state index in [1.807, 2.05) is 0 Å². The number of ether oxygens (including phenoxy) is 1. The molecule has 0 aromatic carbocycles. The topological polar surface area (TPSA) is 26.3 Å². The number of thiophene rings is 1. The predicted molar refractivity (Wildman–Crippen MR) is 70.5 cm³/mol. The Bertz CT molecular complexity index is 350. The zero-order chi connectivity index (χ0) is 12.1. The fraction of sp³-hybridized carbons (Fsp3) is 0.643. The van der Waals surface area contributed by atoms with Crippen LogP contribution in [0.15, 0.2) is 16.8 Å². The Morgan fingerprint density at radius 2 is 2.18 bits per heavy atom. The van der Waals surface area contributed by atoms with Gasteiger partial charge in [-0.25, -0.2) is 0 Å². The number of ketones is 1. The SMILES string of the molecule is COC1(C(=O)CCc2ccsc2)CCCCC1. The summed E-state index contributed by atoms with van der Waals surface area (Å²) in [4.78, 5) is 12.3. The lowest BCUT2D eigenvalue weighted by Gasteiger charge is -2.34. The molecule has 1 heterocycles. The van der Waals surface area contributed by atoms with Crippen LogP contribution in [0.1, 0.15) is 44.1 Å². The van der Waals surface area contributed by atoms with Crippen LogP contribution in [0.3, 0.4) is 0 Å². The molecule has 0 saturated heterocycles. The van der Waals surface area contributed by atoms with E-state index < -0.39 is 5.60 Å². The summed E-state index contributed by atoms with van der Waals surface area (Å²) in [5, 5.41) is 4.18. The van der Waals surface area contributed by atoms with Crippen molar-refractivity contribution < 1.29 is 9.53 Å². The molecule has 1 aliphatic carbocycles. The highest BCUT2D eigenvalue weighted by Gasteiger charge is 2.38. The molecular weight excluding hydrogens is 232 g/mol. The van der Waals surface area contributed by atoms with E-state index in [1.54, 1.807) is 18.4 Å². The number of aryl methyl sites for hydroxylation is 1. The number of carbonyl (C=O) groups is 1. The molecule has 0 radical (unpaired) electrons. The first-order valence-corrected chi connectivity index (χ1v) is 7.31. The van der Waals surface area contributed by atoms with Crippen molar-refractivity contribution in [2.75, 3.05) is 7.11 Å². The Hall–Kier alpha value is -0.670. The fourth-order valence-electron chi connectivity index (χ4n) is 2.64. The summed E-state index contributed by atoms with van der Waals surface area (Å²) in [6, 6.07) is 2.10. The smallest absolute Gasteiger partial charge is 0.164 e. The van der Waals surface area contributed by atoms with Crippen LogP contribution < -0.4 is 0 Å². The minimum atomic E-state index is -0.464. The van der Waals surface area contributed by atoms with Crippen molar-refractivity contribution in [3.63, 3.8) is 0 Å². The van der Waals surface area contributed by atoms with Gasteiger partial charge in [-0.2, -0.15) is 11.3 Å². The Labute approximate surface area is 107 Å². The maximum atomic E-state index is 12.3. The maximum Gasteiger partial charge on any atom is 0.164 e. The monoisotopic (exact) mass is 252 g/mol. The zero-order valence-electron chi connectivity index (χ0n) is 10.4. The summed E-state index contributed by atoms with van der Waals surface area (Å²) in [6.07, 6.45) is 6.77. The van der Waals surface area contributed by atoms with Crippen molar-refractivity contribution in [3.05, 3.63) is 22.4 Å². The molecule has 17 heavy (non-hydrogen) atoms. The summed E-state index contributed by atoms with van der Waals surface area (Å²) in [5.74, 6) is 0.297. The molecule has 1 fully saturated rings. The first-order valence-electron chi connectivity index (χ1n) is 6.36. The molecule has 94 valence electrons. The van der Waals surface area contributed by atoms with Crippen molar-refractivity contribution in [1.82, 2.24) is 0 Å². The van der Waals surface area contributed by atoms with E-state index in [9.17, 15) is 4.79 Å². The Balaban J connectivity index is 1.93. The Morgan fingerprint density at radius 3 is 2.76 bits per heavy atom. The van der Waals surface area contributed by atoms with E-state index in [0.717, 1.165) is 32.1 Å². The third kappa shape index (κ3) is 2.96. The summed E-state index contributed by atoms with van der Waals surface area (Å²) in [5.41, 5.74) is 0.805. The molecule has 0 spiro atoms. The molecule has 0 unspecified atom stereocenters. The normalized spacial score (nSPS) is 19.1. The first kappa shape index (κ1) is 12.8. The van der Waals surface area contributed by atoms with Crippen molar-refractivity contribution in [2.24, 2.45) is 0 Å². The third-order valence-corrected chi connectivity index (χ3v) is 4.51. The molecule has 1 aliphatic rings. The van der Waals surface area contributed by atoms with E-state index in [-0.39, 0.29) is 0 Å². The van der Waals surface area contributed by atoms with Crippen LogP contribution in [0.2, 0.25) is 0 Å². The van der Waals surface area contributed by atoms with Gasteiger partial charge in [0.05, 0.1) is 0 Å². The standard InChI is InChI=1S/C14H20O2S/c1-16-14(8-3-2-4-9-14)13(15)6-5-12-7-10-17-11-12/h7,10-11H,2-6,8-9H2,1H3. The molecule has 0 bridgehead atoms. The second kappa shape index (κ2) is 5.78. The summed E-state index contributed by atoms with van der Waals surface area (Å²) < 4.78 is 5.56. The van der Waals surface area contributed by atoms with Gasteiger partial charge in [-0.05, 0) is 41.7 Å². The van der Waals surface area contributed by atoms with Gasteiger partial charge in [-0.15, -0.1) is 0 Å². The van der Waals surface area contributed by atoms with Crippen molar-refractivity contribution in [1.29, 1.82) is 0 Å². The van der Waals surface area contributed by atoms with Crippen molar-refractivity contribution in [2.45, 2.75) is 50.5 Å². The molecular formula is C14H20O2S. The van der Waals surface area contributed by atoms with E-state index >= 15 is 0 Å². The van der Waals surface area contributed by atoms with Gasteiger partial charge in [-0.1, -0.05) is 19.3 Å². The van der Waals surface area contributed by atoms with Gasteiger partial charge in [0.1, 0.15) is 5.60 Å². The average molecular weight is 252 g/mol. The molecule has 2 rings (SSSR count). The lowest BCUT2D eigenvalue weighted by atomic mass is 9.80. The maximum absolute atomic E-state index is 12.3. The second-order valence-corrected chi connectivity index (χ2v) is 5.59. The predicted octanol–water partition coefficient (Wildman–Crippen LogP) is 3.60. The van der Waals surface area contributed by atoms with Crippen LogP contribution in [0, 0.1) is 0 Å². The first-order chi connectivity index (χ1) is 8.27. The van der Waals surface area contributed by atoms with Crippen LogP contribution in [0.5, 0.6) is 0 Å².